The SMILES string of the molecule is O=C(O)c1cc(N2C(=O)C3CCCC3C2=O)n[nH]1. The fourth-order valence-corrected chi connectivity index (χ4v) is 2.75. The first kappa shape index (κ1) is 10.9. The highest BCUT2D eigenvalue weighted by Crippen LogP contribution is 2.41. The molecule has 7 heteroatoms. The summed E-state index contributed by atoms with van der Waals surface area (Å²) in [5, 5.41) is 14.8. The molecule has 1 saturated carbocycles. The van der Waals surface area contributed by atoms with E-state index in [-0.39, 0.29) is 35.2 Å². The van der Waals surface area contributed by atoms with Gasteiger partial charge in [-0.3, -0.25) is 14.7 Å². The Kier molecular flexibility index (Phi) is 2.22. The average molecular weight is 249 g/mol. The van der Waals surface area contributed by atoms with Gasteiger partial charge >= 0.3 is 5.97 Å². The van der Waals surface area contributed by atoms with E-state index in [4.69, 9.17) is 5.11 Å². The molecular weight excluding hydrogens is 238 g/mol. The van der Waals surface area contributed by atoms with Crippen LogP contribution >= 0.6 is 0 Å². The number of hydrogen-bond donors (Lipinski definition) is 2. The summed E-state index contributed by atoms with van der Waals surface area (Å²) in [5.74, 6) is -2.10. The van der Waals surface area contributed by atoms with Gasteiger partial charge in [0.2, 0.25) is 11.8 Å². The Morgan fingerprint density at radius 3 is 2.44 bits per heavy atom. The summed E-state index contributed by atoms with van der Waals surface area (Å²) in [5.41, 5.74) is -0.136. The Balaban J connectivity index is 1.94. The number of nitrogens with one attached hydrogen (secondary N) is 1. The maximum absolute atomic E-state index is 12.1. The second-order valence-electron chi connectivity index (χ2n) is 4.60. The molecule has 2 unspecified atom stereocenters. The fourth-order valence-electron chi connectivity index (χ4n) is 2.75. The van der Waals surface area contributed by atoms with Crippen LogP contribution in [0.3, 0.4) is 0 Å². The van der Waals surface area contributed by atoms with Crippen molar-refractivity contribution in [3.63, 3.8) is 0 Å². The fraction of sp³-hybridized carbons (Fsp3) is 0.455. The number of H-pyrrole nitrogens is 1. The summed E-state index contributed by atoms with van der Waals surface area (Å²) < 4.78 is 0. The molecule has 2 atom stereocenters. The van der Waals surface area contributed by atoms with Gasteiger partial charge < -0.3 is 5.11 Å². The lowest BCUT2D eigenvalue weighted by atomic mass is 10.00. The number of rotatable bonds is 2. The first-order chi connectivity index (χ1) is 8.59. The van der Waals surface area contributed by atoms with E-state index in [2.05, 4.69) is 10.2 Å². The normalized spacial score (nSPS) is 26.8. The third-order valence-electron chi connectivity index (χ3n) is 3.61. The predicted molar refractivity (Wildman–Crippen MR) is 58.9 cm³/mol. The second-order valence-corrected chi connectivity index (χ2v) is 4.60. The van der Waals surface area contributed by atoms with Crippen LogP contribution in [0.4, 0.5) is 5.82 Å². The third-order valence-corrected chi connectivity index (χ3v) is 3.61. The number of imide groups is 1. The summed E-state index contributed by atoms with van der Waals surface area (Å²) in [7, 11) is 0. The van der Waals surface area contributed by atoms with Crippen molar-refractivity contribution in [3.8, 4) is 0 Å². The van der Waals surface area contributed by atoms with E-state index < -0.39 is 5.97 Å². The van der Waals surface area contributed by atoms with Crippen molar-refractivity contribution >= 4 is 23.6 Å². The predicted octanol–water partition coefficient (Wildman–Crippen LogP) is 0.397. The van der Waals surface area contributed by atoms with Crippen LogP contribution in [0, 0.1) is 11.8 Å². The summed E-state index contributed by atoms with van der Waals surface area (Å²) in [6.07, 6.45) is 2.34. The van der Waals surface area contributed by atoms with E-state index in [1.165, 1.54) is 6.07 Å². The number of aromatic amines is 1. The Morgan fingerprint density at radius 1 is 1.33 bits per heavy atom. The molecule has 1 aliphatic carbocycles. The lowest BCUT2D eigenvalue weighted by Crippen LogP contribution is -2.31. The Morgan fingerprint density at radius 2 is 1.94 bits per heavy atom. The van der Waals surface area contributed by atoms with Crippen LogP contribution in [0.5, 0.6) is 0 Å². The monoisotopic (exact) mass is 249 g/mol. The standard InChI is InChI=1S/C11H11N3O4/c15-9-5-2-1-3-6(5)10(16)14(9)8-4-7(11(17)18)12-13-8/h4-6H,1-3H2,(H,12,13)(H,17,18). The maximum atomic E-state index is 12.1. The number of aromatic nitrogens is 2. The van der Waals surface area contributed by atoms with Gasteiger partial charge in [-0.25, -0.2) is 9.69 Å². The highest BCUT2D eigenvalue weighted by atomic mass is 16.4. The molecule has 2 heterocycles. The Bertz CT molecular complexity index is 528. The number of carboxylic acids is 1. The van der Waals surface area contributed by atoms with Crippen LogP contribution < -0.4 is 4.90 Å². The van der Waals surface area contributed by atoms with Gasteiger partial charge in [-0.05, 0) is 12.8 Å². The number of carboxylic acid groups (broad SMARTS) is 1. The minimum Gasteiger partial charge on any atom is -0.477 e. The molecule has 1 aromatic heterocycles. The molecule has 2 amide bonds. The lowest BCUT2D eigenvalue weighted by molar-refractivity contribution is -0.122. The second kappa shape index (κ2) is 3.66. The summed E-state index contributed by atoms with van der Waals surface area (Å²) in [6, 6.07) is 1.21. The van der Waals surface area contributed by atoms with Gasteiger partial charge in [0.15, 0.2) is 5.82 Å². The average Bonchev–Trinajstić information content (AvgIpc) is 3.00. The van der Waals surface area contributed by atoms with E-state index in [1.54, 1.807) is 0 Å². The van der Waals surface area contributed by atoms with Gasteiger partial charge in [0, 0.05) is 6.07 Å². The molecule has 1 aliphatic heterocycles. The smallest absolute Gasteiger partial charge is 0.353 e. The Labute approximate surface area is 102 Å². The largest absolute Gasteiger partial charge is 0.477 e. The molecule has 1 aromatic rings. The van der Waals surface area contributed by atoms with Gasteiger partial charge in [0.25, 0.3) is 0 Å². The molecule has 2 N–H and O–H groups in total. The molecule has 1 saturated heterocycles. The third kappa shape index (κ3) is 1.36. The van der Waals surface area contributed by atoms with Crippen molar-refractivity contribution in [2.75, 3.05) is 4.90 Å². The molecule has 18 heavy (non-hydrogen) atoms. The number of carbonyl (C=O) groups is 3. The number of amides is 2. The molecule has 0 spiro atoms. The number of carbonyl (C=O) groups excluding carboxylic acids is 2. The van der Waals surface area contributed by atoms with Crippen LogP contribution in [0.2, 0.25) is 0 Å². The van der Waals surface area contributed by atoms with Crippen molar-refractivity contribution in [2.45, 2.75) is 19.3 Å². The van der Waals surface area contributed by atoms with Gasteiger partial charge in [-0.1, -0.05) is 6.42 Å². The van der Waals surface area contributed by atoms with Gasteiger partial charge in [-0.2, -0.15) is 5.10 Å². The van der Waals surface area contributed by atoms with Crippen molar-refractivity contribution < 1.29 is 19.5 Å². The van der Waals surface area contributed by atoms with Crippen LogP contribution in [0.15, 0.2) is 6.07 Å². The highest BCUT2D eigenvalue weighted by Gasteiger charge is 2.50. The Hall–Kier alpha value is -2.18. The van der Waals surface area contributed by atoms with Crippen LogP contribution in [-0.2, 0) is 9.59 Å². The van der Waals surface area contributed by atoms with Crippen LogP contribution in [-0.4, -0.2) is 33.1 Å². The van der Waals surface area contributed by atoms with Crippen molar-refractivity contribution in [3.05, 3.63) is 11.8 Å². The van der Waals surface area contributed by atoms with E-state index in [9.17, 15) is 14.4 Å². The molecule has 2 aliphatic rings. The molecule has 7 nitrogen and oxygen atoms in total. The topological polar surface area (TPSA) is 103 Å². The zero-order chi connectivity index (χ0) is 12.9. The molecule has 0 bridgehead atoms. The number of hydrogen-bond acceptors (Lipinski definition) is 4. The molecule has 2 fully saturated rings. The molecule has 94 valence electrons. The van der Waals surface area contributed by atoms with Crippen LogP contribution in [0.1, 0.15) is 29.8 Å². The van der Waals surface area contributed by atoms with Crippen molar-refractivity contribution in [1.29, 1.82) is 0 Å². The summed E-state index contributed by atoms with van der Waals surface area (Å²) in [4.78, 5) is 35.9. The lowest BCUT2D eigenvalue weighted by Gasteiger charge is -2.11. The quantitative estimate of drug-likeness (QED) is 0.738. The minimum absolute atomic E-state index is 0.0804. The molecule has 0 radical (unpaired) electrons. The van der Waals surface area contributed by atoms with Crippen LogP contribution in [0.25, 0.3) is 0 Å². The van der Waals surface area contributed by atoms with E-state index in [0.29, 0.717) is 0 Å². The molecule has 3 rings (SSSR count). The van der Waals surface area contributed by atoms with Gasteiger partial charge in [-0.15, -0.1) is 0 Å². The summed E-state index contributed by atoms with van der Waals surface area (Å²) >= 11 is 0. The van der Waals surface area contributed by atoms with E-state index >= 15 is 0 Å². The number of anilines is 1. The minimum atomic E-state index is -1.17. The first-order valence-electron chi connectivity index (χ1n) is 5.76. The van der Waals surface area contributed by atoms with Crippen molar-refractivity contribution in [2.24, 2.45) is 11.8 Å². The zero-order valence-corrected chi connectivity index (χ0v) is 9.42. The number of nitrogens with zero attached hydrogens (tertiary/aromatic N) is 2. The highest BCUT2D eigenvalue weighted by molar-refractivity contribution is 6.21. The van der Waals surface area contributed by atoms with Gasteiger partial charge in [0.1, 0.15) is 5.69 Å². The van der Waals surface area contributed by atoms with E-state index in [0.717, 1.165) is 24.2 Å². The summed E-state index contributed by atoms with van der Waals surface area (Å²) in [6.45, 7) is 0. The van der Waals surface area contributed by atoms with Gasteiger partial charge in [0.05, 0.1) is 11.8 Å². The first-order valence-corrected chi connectivity index (χ1v) is 5.76. The zero-order valence-electron chi connectivity index (χ0n) is 9.42. The number of aromatic carboxylic acids is 1. The van der Waals surface area contributed by atoms with Crippen molar-refractivity contribution in [1.82, 2.24) is 10.2 Å². The van der Waals surface area contributed by atoms with E-state index in [1.807, 2.05) is 0 Å². The number of fused-ring (bicyclic) bond motifs is 1. The molecular formula is C11H11N3O4. The molecule has 0 aromatic carbocycles. The maximum Gasteiger partial charge on any atom is 0.353 e.